The summed E-state index contributed by atoms with van der Waals surface area (Å²) in [5.74, 6) is 6.64. The fraction of sp³-hybridized carbons (Fsp3) is 0.0435. The highest BCUT2D eigenvalue weighted by Gasteiger charge is 2.00. The second-order valence-corrected chi connectivity index (χ2v) is 6.06. The van der Waals surface area contributed by atoms with Crippen molar-refractivity contribution in [3.05, 3.63) is 94.1 Å². The van der Waals surface area contributed by atoms with Crippen molar-refractivity contribution in [2.45, 2.75) is 6.92 Å². The average molecular weight is 364 g/mol. The van der Waals surface area contributed by atoms with E-state index < -0.39 is 0 Å². The lowest BCUT2D eigenvalue weighted by Gasteiger charge is -1.98. The highest BCUT2D eigenvalue weighted by molar-refractivity contribution is 6.08. The topological polar surface area (TPSA) is 93.4 Å². The third-order valence-corrected chi connectivity index (χ3v) is 4.06. The summed E-state index contributed by atoms with van der Waals surface area (Å²) >= 11 is 0. The minimum Gasteiger partial charge on any atom is -0.332 e. The van der Waals surface area contributed by atoms with Crippen LogP contribution in [0.4, 0.5) is 0 Å². The predicted octanol–water partition coefficient (Wildman–Crippen LogP) is 3.88. The molecule has 0 radical (unpaired) electrons. The van der Waals surface area contributed by atoms with Crippen LogP contribution in [0.1, 0.15) is 44.1 Å². The molecular formula is C23H16N4O. The molecule has 0 saturated heterocycles. The van der Waals surface area contributed by atoms with Crippen LogP contribution in [0.5, 0.6) is 0 Å². The zero-order valence-corrected chi connectivity index (χ0v) is 15.2. The van der Waals surface area contributed by atoms with Crippen LogP contribution in [0, 0.1) is 35.5 Å². The van der Waals surface area contributed by atoms with E-state index in [0.29, 0.717) is 33.9 Å². The number of carbonyl (C=O) groups excluding carboxylic acids is 1. The standard InChI is InChI=1S/C23H16N4O/c1-16-2-3-18(13-24)12-20(16)8-9-21-14-26-23(27-21)11-10-22(25)19-6-4-17(15-28)5-7-19/h2-7,10-12,14-15,25H,1H3,(H,26,27)/b11-10-,25-22?. The predicted molar refractivity (Wildman–Crippen MR) is 108 cm³/mol. The number of nitriles is 1. The third-order valence-electron chi connectivity index (χ3n) is 4.06. The van der Waals surface area contributed by atoms with Crippen molar-refractivity contribution >= 4 is 18.1 Å². The fourth-order valence-corrected chi connectivity index (χ4v) is 2.45. The zero-order valence-electron chi connectivity index (χ0n) is 15.2. The first kappa shape index (κ1) is 18.6. The number of hydrogen-bond donors (Lipinski definition) is 2. The van der Waals surface area contributed by atoms with Gasteiger partial charge in [-0.25, -0.2) is 4.98 Å². The highest BCUT2D eigenvalue weighted by Crippen LogP contribution is 2.10. The number of carbonyl (C=O) groups is 1. The molecular weight excluding hydrogens is 348 g/mol. The third kappa shape index (κ3) is 4.49. The lowest BCUT2D eigenvalue weighted by atomic mass is 10.1. The Morgan fingerprint density at radius 1 is 1.18 bits per heavy atom. The van der Waals surface area contributed by atoms with Crippen LogP contribution >= 0.6 is 0 Å². The monoisotopic (exact) mass is 364 g/mol. The highest BCUT2D eigenvalue weighted by atomic mass is 16.1. The number of aromatic amines is 1. The van der Waals surface area contributed by atoms with Gasteiger partial charge in [-0.05, 0) is 48.3 Å². The number of aryl methyl sites for hydroxylation is 1. The van der Waals surface area contributed by atoms with Gasteiger partial charge >= 0.3 is 0 Å². The van der Waals surface area contributed by atoms with Crippen LogP contribution in [0.2, 0.25) is 0 Å². The van der Waals surface area contributed by atoms with Crippen LogP contribution in [0.15, 0.2) is 54.7 Å². The fourth-order valence-electron chi connectivity index (χ4n) is 2.45. The summed E-state index contributed by atoms with van der Waals surface area (Å²) in [4.78, 5) is 18.0. The Hall–Kier alpha value is -4.22. The van der Waals surface area contributed by atoms with Gasteiger partial charge in [0.2, 0.25) is 0 Å². The van der Waals surface area contributed by atoms with E-state index >= 15 is 0 Å². The van der Waals surface area contributed by atoms with Crippen LogP contribution in [0.3, 0.4) is 0 Å². The summed E-state index contributed by atoms with van der Waals surface area (Å²) in [6.45, 7) is 1.94. The number of rotatable bonds is 4. The van der Waals surface area contributed by atoms with E-state index in [1.165, 1.54) is 0 Å². The molecule has 2 N–H and O–H groups in total. The van der Waals surface area contributed by atoms with E-state index in [1.807, 2.05) is 13.0 Å². The number of aromatic nitrogens is 2. The molecule has 0 spiro atoms. The second kappa shape index (κ2) is 8.44. The Morgan fingerprint density at radius 2 is 1.96 bits per heavy atom. The van der Waals surface area contributed by atoms with Gasteiger partial charge in [0.1, 0.15) is 17.8 Å². The average Bonchev–Trinajstić information content (AvgIpc) is 3.19. The van der Waals surface area contributed by atoms with Crippen molar-refractivity contribution in [3.63, 3.8) is 0 Å². The molecule has 0 bridgehead atoms. The van der Waals surface area contributed by atoms with Gasteiger partial charge in [0.15, 0.2) is 0 Å². The summed E-state index contributed by atoms with van der Waals surface area (Å²) in [5.41, 5.74) is 4.61. The maximum absolute atomic E-state index is 10.7. The Morgan fingerprint density at radius 3 is 2.68 bits per heavy atom. The molecule has 0 atom stereocenters. The van der Waals surface area contributed by atoms with Crippen LogP contribution in [-0.2, 0) is 0 Å². The molecule has 0 saturated carbocycles. The molecule has 0 aliphatic rings. The quantitative estimate of drug-likeness (QED) is 0.418. The van der Waals surface area contributed by atoms with E-state index in [1.54, 1.807) is 54.7 Å². The smallest absolute Gasteiger partial charge is 0.150 e. The number of allylic oxidation sites excluding steroid dienone is 1. The van der Waals surface area contributed by atoms with Crippen molar-refractivity contribution < 1.29 is 4.79 Å². The van der Waals surface area contributed by atoms with Crippen LogP contribution < -0.4 is 0 Å². The minimum atomic E-state index is 0.311. The van der Waals surface area contributed by atoms with Gasteiger partial charge in [-0.2, -0.15) is 5.26 Å². The van der Waals surface area contributed by atoms with Crippen molar-refractivity contribution in [2.75, 3.05) is 0 Å². The number of hydrogen-bond acceptors (Lipinski definition) is 4. The number of nitrogens with zero attached hydrogens (tertiary/aromatic N) is 2. The van der Waals surface area contributed by atoms with Crippen molar-refractivity contribution in [2.24, 2.45) is 0 Å². The van der Waals surface area contributed by atoms with Gasteiger partial charge in [-0.1, -0.05) is 36.3 Å². The summed E-state index contributed by atoms with van der Waals surface area (Å²) < 4.78 is 0. The number of aldehydes is 1. The lowest BCUT2D eigenvalue weighted by Crippen LogP contribution is -1.94. The SMILES string of the molecule is Cc1ccc(C#N)cc1C#Cc1cnc(/C=C\C(=N)c2ccc(C=O)cc2)[nH]1. The van der Waals surface area contributed by atoms with Gasteiger partial charge < -0.3 is 10.4 Å². The van der Waals surface area contributed by atoms with Gasteiger partial charge in [-0.3, -0.25) is 4.79 Å². The largest absolute Gasteiger partial charge is 0.332 e. The van der Waals surface area contributed by atoms with Crippen LogP contribution in [-0.4, -0.2) is 22.0 Å². The molecule has 5 heteroatoms. The summed E-state index contributed by atoms with van der Waals surface area (Å²) in [6.07, 6.45) is 5.72. The Balaban J connectivity index is 1.72. The number of H-pyrrole nitrogens is 1. The molecule has 28 heavy (non-hydrogen) atoms. The molecule has 1 heterocycles. The van der Waals surface area contributed by atoms with E-state index in [-0.39, 0.29) is 0 Å². The molecule has 0 aliphatic carbocycles. The maximum Gasteiger partial charge on any atom is 0.150 e. The van der Waals surface area contributed by atoms with Gasteiger partial charge in [0, 0.05) is 11.1 Å². The molecule has 0 aliphatic heterocycles. The van der Waals surface area contributed by atoms with E-state index in [2.05, 4.69) is 27.9 Å². The Labute approximate surface area is 162 Å². The molecule has 1 aromatic heterocycles. The second-order valence-electron chi connectivity index (χ2n) is 6.06. The summed E-state index contributed by atoms with van der Waals surface area (Å²) in [6, 6.07) is 14.3. The first-order valence-corrected chi connectivity index (χ1v) is 8.49. The first-order chi connectivity index (χ1) is 13.6. The Bertz CT molecular complexity index is 1170. The first-order valence-electron chi connectivity index (χ1n) is 8.49. The maximum atomic E-state index is 10.7. The van der Waals surface area contributed by atoms with Crippen molar-refractivity contribution in [3.8, 4) is 17.9 Å². The van der Waals surface area contributed by atoms with Gasteiger partial charge in [0.05, 0.1) is 23.5 Å². The van der Waals surface area contributed by atoms with Gasteiger partial charge in [0.25, 0.3) is 0 Å². The van der Waals surface area contributed by atoms with E-state index in [9.17, 15) is 4.79 Å². The van der Waals surface area contributed by atoms with Crippen molar-refractivity contribution in [1.29, 1.82) is 10.7 Å². The normalized spacial score (nSPS) is 10.1. The molecule has 0 fully saturated rings. The number of imidazole rings is 1. The molecule has 5 nitrogen and oxygen atoms in total. The molecule has 2 aromatic carbocycles. The van der Waals surface area contributed by atoms with Crippen LogP contribution in [0.25, 0.3) is 6.08 Å². The molecule has 0 unspecified atom stereocenters. The summed E-state index contributed by atoms with van der Waals surface area (Å²) in [5, 5.41) is 17.1. The Kier molecular flexibility index (Phi) is 5.60. The molecule has 3 rings (SSSR count). The minimum absolute atomic E-state index is 0.311. The molecule has 0 amide bonds. The van der Waals surface area contributed by atoms with E-state index in [4.69, 9.17) is 10.7 Å². The van der Waals surface area contributed by atoms with Crippen molar-refractivity contribution in [1.82, 2.24) is 9.97 Å². The summed E-state index contributed by atoms with van der Waals surface area (Å²) in [7, 11) is 0. The zero-order chi connectivity index (χ0) is 19.9. The number of nitrogens with one attached hydrogen (secondary N) is 2. The molecule has 134 valence electrons. The van der Waals surface area contributed by atoms with E-state index in [0.717, 1.165) is 17.4 Å². The lowest BCUT2D eigenvalue weighted by molar-refractivity contribution is 0.112. The number of benzene rings is 2. The van der Waals surface area contributed by atoms with Gasteiger partial charge in [-0.15, -0.1) is 0 Å². The molecule has 3 aromatic rings.